The third kappa shape index (κ3) is 4.36. The summed E-state index contributed by atoms with van der Waals surface area (Å²) >= 11 is 0. The molecule has 200 valence electrons. The molecule has 2 atom stereocenters. The Morgan fingerprint density at radius 3 is 2.19 bits per heavy atom. The molecule has 1 aliphatic carbocycles. The number of fused-ring (bicyclic) bond motifs is 4. The third-order valence-electron chi connectivity index (χ3n) is 7.79. The lowest BCUT2D eigenvalue weighted by atomic mass is 9.70. The molecule has 1 aromatic heterocycles. The van der Waals surface area contributed by atoms with Gasteiger partial charge in [-0.3, -0.25) is 4.98 Å². The van der Waals surface area contributed by atoms with E-state index in [1.165, 1.54) is 12.1 Å². The number of halogens is 4. The van der Waals surface area contributed by atoms with Crippen molar-refractivity contribution in [1.29, 1.82) is 0 Å². The molecule has 1 N–H and O–H groups in total. The summed E-state index contributed by atoms with van der Waals surface area (Å²) in [6.45, 7) is 9.29. The van der Waals surface area contributed by atoms with E-state index in [1.54, 1.807) is 0 Å². The Bertz CT molecular complexity index is 1200. The Morgan fingerprint density at radius 1 is 1.03 bits per heavy atom. The molecule has 0 bridgehead atoms. The Morgan fingerprint density at radius 2 is 1.64 bits per heavy atom. The minimum atomic E-state index is -8.30. The van der Waals surface area contributed by atoms with Crippen LogP contribution in [0.5, 0.6) is 0 Å². The highest BCUT2D eigenvalue weighted by Crippen LogP contribution is 2.98. The first-order valence-corrected chi connectivity index (χ1v) is 15.0. The van der Waals surface area contributed by atoms with Gasteiger partial charge >= 0.3 is 0 Å². The first kappa shape index (κ1) is 25.9. The molecule has 9 heteroatoms. The van der Waals surface area contributed by atoms with E-state index in [0.717, 1.165) is 46.6 Å². The van der Waals surface area contributed by atoms with Gasteiger partial charge in [0.1, 0.15) is 6.10 Å². The van der Waals surface area contributed by atoms with Gasteiger partial charge in [-0.1, -0.05) is 39.8 Å². The largest absolute Gasteiger partial charge is 0.388 e. The Hall–Kier alpha value is -1.68. The van der Waals surface area contributed by atoms with E-state index < -0.39 is 32.5 Å². The fraction of sp³-hybridized carbons (Fsp3) is 0.593. The average molecular weight is 530 g/mol. The van der Waals surface area contributed by atoms with Crippen LogP contribution in [-0.4, -0.2) is 29.6 Å². The van der Waals surface area contributed by atoms with Crippen molar-refractivity contribution in [1.82, 2.24) is 4.98 Å². The monoisotopic (exact) mass is 529 g/mol. The highest BCUT2D eigenvalue weighted by atomic mass is 32.5. The third-order valence-corrected chi connectivity index (χ3v) is 9.25. The Labute approximate surface area is 209 Å². The lowest BCUT2D eigenvalue weighted by Gasteiger charge is -2.46. The number of hydrogen-bond donors (Lipinski definition) is 1. The summed E-state index contributed by atoms with van der Waals surface area (Å²) in [6, 6.07) is 4.25. The molecular weight excluding hydrogens is 494 g/mol. The number of aliphatic hydroxyl groups excluding tert-OH is 1. The van der Waals surface area contributed by atoms with E-state index in [1.807, 2.05) is 13.8 Å². The maximum absolute atomic E-state index is 14.0. The predicted molar refractivity (Wildman–Crippen MR) is 133 cm³/mol. The average Bonchev–Trinajstić information content (AvgIpc) is 3.05. The molecule has 1 fully saturated rings. The summed E-state index contributed by atoms with van der Waals surface area (Å²) in [7, 11) is -8.30. The minimum Gasteiger partial charge on any atom is -0.388 e. The van der Waals surface area contributed by atoms with Gasteiger partial charge in [0.15, 0.2) is 9.84 Å². The van der Waals surface area contributed by atoms with Crippen LogP contribution in [0, 0.1) is 5.41 Å². The summed E-state index contributed by atoms with van der Waals surface area (Å²) in [4.78, 5) is 3.80. The van der Waals surface area contributed by atoms with E-state index in [-0.39, 0.29) is 17.6 Å². The zero-order valence-electron chi connectivity index (χ0n) is 21.4. The van der Waals surface area contributed by atoms with Crippen molar-refractivity contribution >= 4 is 9.84 Å². The second kappa shape index (κ2) is 7.46. The van der Waals surface area contributed by atoms with Crippen molar-refractivity contribution < 1.29 is 30.1 Å². The molecule has 36 heavy (non-hydrogen) atoms. The van der Waals surface area contributed by atoms with Crippen LogP contribution in [0.4, 0.5) is 15.5 Å². The van der Waals surface area contributed by atoms with Crippen molar-refractivity contribution in [3.05, 3.63) is 57.9 Å². The molecule has 3 aliphatic rings. The highest BCUT2D eigenvalue weighted by Gasteiger charge is 2.59. The van der Waals surface area contributed by atoms with E-state index >= 15 is 0 Å². The van der Waals surface area contributed by atoms with Gasteiger partial charge in [-0.2, -0.15) is 0 Å². The summed E-state index contributed by atoms with van der Waals surface area (Å²) < 4.78 is 68.5. The second-order valence-corrected chi connectivity index (χ2v) is 15.4. The topological polar surface area (TPSA) is 51.6 Å². The van der Waals surface area contributed by atoms with Crippen LogP contribution in [0.15, 0.2) is 29.2 Å². The van der Waals surface area contributed by atoms with Crippen LogP contribution in [0.3, 0.4) is 0 Å². The molecule has 1 aromatic carbocycles. The molecule has 1 saturated heterocycles. The summed E-state index contributed by atoms with van der Waals surface area (Å²) in [5.74, 6) is 0.0288. The van der Waals surface area contributed by atoms with Gasteiger partial charge in [-0.15, -0.1) is 15.5 Å². The van der Waals surface area contributed by atoms with Crippen molar-refractivity contribution in [2.75, 3.05) is 19.5 Å². The first-order valence-electron chi connectivity index (χ1n) is 12.5. The fourth-order valence-corrected chi connectivity index (χ4v) is 6.98. The standard InChI is InChI=1S/C27H35F4NO3S/c1-16(2)24-22-23(21-19(32-24)14-26(3,4)15-20(21)33)27(10-12-34-13-11-27)35-25(22)17-6-8-18(9-7-17)36(5,28,29,30)31/h6-9,16,20,25,33H,10-15H2,1-5H3. The van der Waals surface area contributed by atoms with Gasteiger partial charge < -0.3 is 14.6 Å². The van der Waals surface area contributed by atoms with Gasteiger partial charge in [-0.05, 0) is 47.4 Å². The van der Waals surface area contributed by atoms with E-state index in [2.05, 4.69) is 13.8 Å². The van der Waals surface area contributed by atoms with Crippen molar-refractivity contribution in [3.63, 3.8) is 0 Å². The number of aromatic nitrogens is 1. The van der Waals surface area contributed by atoms with Crippen LogP contribution in [0.1, 0.15) is 98.7 Å². The molecule has 0 amide bonds. The molecule has 4 nitrogen and oxygen atoms in total. The van der Waals surface area contributed by atoms with E-state index in [9.17, 15) is 20.6 Å². The fourth-order valence-electron chi connectivity index (χ4n) is 6.16. The van der Waals surface area contributed by atoms with Crippen molar-refractivity contribution in [2.24, 2.45) is 5.41 Å². The molecule has 2 aromatic rings. The number of hydrogen-bond acceptors (Lipinski definition) is 4. The van der Waals surface area contributed by atoms with Gasteiger partial charge in [0, 0.05) is 48.6 Å². The van der Waals surface area contributed by atoms with Crippen molar-refractivity contribution in [3.8, 4) is 0 Å². The van der Waals surface area contributed by atoms with Crippen LogP contribution in [-0.2, 0) is 21.5 Å². The van der Waals surface area contributed by atoms with Gasteiger partial charge in [0.05, 0.1) is 22.9 Å². The molecule has 3 heterocycles. The highest BCUT2D eigenvalue weighted by molar-refractivity contribution is 8.49. The van der Waals surface area contributed by atoms with Crippen LogP contribution in [0.2, 0.25) is 0 Å². The Balaban J connectivity index is 1.73. The lowest BCUT2D eigenvalue weighted by Crippen LogP contribution is -2.37. The zero-order chi connectivity index (χ0) is 26.4. The molecule has 1 spiro atoms. The molecule has 0 radical (unpaired) electrons. The first-order chi connectivity index (χ1) is 16.4. The normalized spacial score (nSPS) is 26.9. The Kier molecular flexibility index (Phi) is 5.37. The number of benzene rings is 1. The quantitative estimate of drug-likeness (QED) is 0.413. The summed E-state index contributed by atoms with van der Waals surface area (Å²) in [5, 5.41) is 11.4. The molecule has 2 unspecified atom stereocenters. The molecular formula is C27H35F4NO3S. The predicted octanol–water partition coefficient (Wildman–Crippen LogP) is 7.74. The van der Waals surface area contributed by atoms with E-state index in [4.69, 9.17) is 14.5 Å². The summed E-state index contributed by atoms with van der Waals surface area (Å²) in [6.07, 6.45) is 0.831. The maximum Gasteiger partial charge on any atom is 0.184 e. The van der Waals surface area contributed by atoms with Crippen LogP contribution in [0.25, 0.3) is 0 Å². The smallest absolute Gasteiger partial charge is 0.184 e. The number of pyridine rings is 1. The van der Waals surface area contributed by atoms with Gasteiger partial charge in [-0.25, -0.2) is 0 Å². The van der Waals surface area contributed by atoms with Crippen molar-refractivity contribution in [2.45, 2.75) is 82.0 Å². The molecule has 0 saturated carbocycles. The SMILES string of the molecule is CC(C)c1nc2c(c3c1C(c1ccc(S(C)(F)(F)(F)F)cc1)OC31CCOCC1)C(O)CC(C)(C)C2. The van der Waals surface area contributed by atoms with Crippen LogP contribution < -0.4 is 0 Å². The van der Waals surface area contributed by atoms with Gasteiger partial charge in [0.2, 0.25) is 0 Å². The molecule has 5 rings (SSSR count). The summed E-state index contributed by atoms with van der Waals surface area (Å²) in [5.41, 5.74) is 3.98. The zero-order valence-corrected chi connectivity index (χ0v) is 22.2. The van der Waals surface area contributed by atoms with E-state index in [0.29, 0.717) is 38.0 Å². The lowest BCUT2D eigenvalue weighted by molar-refractivity contribution is -0.122. The number of rotatable bonds is 3. The minimum absolute atomic E-state index is 0.0288. The number of aliphatic hydroxyl groups is 1. The second-order valence-electron chi connectivity index (χ2n) is 12.0. The van der Waals surface area contributed by atoms with Crippen LogP contribution >= 0.6 is 9.84 Å². The number of nitrogens with zero attached hydrogens (tertiary/aromatic N) is 1. The number of ether oxygens (including phenoxy) is 2. The molecule has 2 aliphatic heterocycles. The van der Waals surface area contributed by atoms with Gasteiger partial charge in [0.25, 0.3) is 0 Å². The maximum atomic E-state index is 14.0.